The summed E-state index contributed by atoms with van der Waals surface area (Å²) in [6, 6.07) is 4.14. The van der Waals surface area contributed by atoms with E-state index in [1.54, 1.807) is 0 Å². The summed E-state index contributed by atoms with van der Waals surface area (Å²) in [7, 11) is 0. The topological polar surface area (TPSA) is 29.5 Å². The van der Waals surface area contributed by atoms with Gasteiger partial charge in [-0.2, -0.15) is 13.2 Å². The van der Waals surface area contributed by atoms with Gasteiger partial charge >= 0.3 is 6.18 Å². The lowest BCUT2D eigenvalue weighted by Gasteiger charge is -2.12. The summed E-state index contributed by atoms with van der Waals surface area (Å²) in [6.45, 7) is 0.142. The quantitative estimate of drug-likeness (QED) is 0.896. The molecule has 0 fully saturated rings. The van der Waals surface area contributed by atoms with E-state index in [2.05, 4.69) is 4.74 Å². The molecule has 0 saturated carbocycles. The fraction of sp³-hybridized carbons (Fsp3) is 0.400. The van der Waals surface area contributed by atoms with Crippen molar-refractivity contribution in [3.8, 4) is 5.75 Å². The smallest absolute Gasteiger partial charge is 0.422 e. The molecule has 0 saturated heterocycles. The number of benzene rings is 1. The minimum atomic E-state index is -4.40. The second kappa shape index (κ2) is 4.93. The molecule has 0 aromatic heterocycles. The number of hydrogen-bond donors (Lipinski definition) is 1. The molecule has 90 valence electrons. The standard InChI is InChI=1S/C10H10ClF3O2/c1-6(15)7-2-3-9(8(11)4-7)16-5-10(12,13)14/h2-4,6,15H,5H2,1H3/t6-/m1/s1. The number of ether oxygens (including phenoxy) is 1. The van der Waals surface area contributed by atoms with Gasteiger partial charge in [0.15, 0.2) is 6.61 Å². The SMILES string of the molecule is C[C@@H](O)c1ccc(OCC(F)(F)F)c(Cl)c1. The average molecular weight is 255 g/mol. The van der Waals surface area contributed by atoms with E-state index in [9.17, 15) is 18.3 Å². The Balaban J connectivity index is 2.76. The predicted molar refractivity (Wildman–Crippen MR) is 53.6 cm³/mol. The average Bonchev–Trinajstić information content (AvgIpc) is 2.14. The van der Waals surface area contributed by atoms with E-state index in [4.69, 9.17) is 11.6 Å². The van der Waals surface area contributed by atoms with Crippen LogP contribution in [0.4, 0.5) is 13.2 Å². The number of rotatable bonds is 3. The molecule has 0 radical (unpaired) electrons. The number of halogens is 4. The van der Waals surface area contributed by atoms with Gasteiger partial charge in [0.25, 0.3) is 0 Å². The van der Waals surface area contributed by atoms with Crippen LogP contribution in [-0.4, -0.2) is 17.9 Å². The maximum absolute atomic E-state index is 11.9. The summed E-state index contributed by atoms with van der Waals surface area (Å²) in [6.07, 6.45) is -5.12. The van der Waals surface area contributed by atoms with Gasteiger partial charge in [-0.05, 0) is 24.6 Å². The van der Waals surface area contributed by atoms with Crippen molar-refractivity contribution < 1.29 is 23.0 Å². The Kier molecular flexibility index (Phi) is 4.04. The van der Waals surface area contributed by atoms with Gasteiger partial charge in [-0.15, -0.1) is 0 Å². The fourth-order valence-electron chi connectivity index (χ4n) is 1.05. The van der Waals surface area contributed by atoms with Crippen molar-refractivity contribution in [3.63, 3.8) is 0 Å². The molecular weight excluding hydrogens is 245 g/mol. The van der Waals surface area contributed by atoms with E-state index in [1.807, 2.05) is 0 Å². The lowest BCUT2D eigenvalue weighted by atomic mass is 10.1. The first-order valence-electron chi connectivity index (χ1n) is 4.46. The predicted octanol–water partition coefficient (Wildman–Crippen LogP) is 3.33. The molecule has 0 unspecified atom stereocenters. The van der Waals surface area contributed by atoms with Gasteiger partial charge in [0.1, 0.15) is 5.75 Å². The summed E-state index contributed by atoms with van der Waals surface area (Å²) in [5.74, 6) is -0.0524. The van der Waals surface area contributed by atoms with Crippen LogP contribution in [0.3, 0.4) is 0 Å². The van der Waals surface area contributed by atoms with E-state index in [1.165, 1.54) is 25.1 Å². The van der Waals surface area contributed by atoms with Crippen molar-refractivity contribution >= 4 is 11.6 Å². The van der Waals surface area contributed by atoms with Crippen LogP contribution in [0.1, 0.15) is 18.6 Å². The van der Waals surface area contributed by atoms with Gasteiger partial charge in [0.2, 0.25) is 0 Å². The molecule has 0 aliphatic carbocycles. The zero-order valence-corrected chi connectivity index (χ0v) is 9.14. The highest BCUT2D eigenvalue weighted by atomic mass is 35.5. The normalized spacial score (nSPS) is 13.6. The lowest BCUT2D eigenvalue weighted by Crippen LogP contribution is -2.19. The van der Waals surface area contributed by atoms with E-state index < -0.39 is 18.9 Å². The summed E-state index contributed by atoms with van der Waals surface area (Å²) in [5.41, 5.74) is 0.518. The third-order valence-electron chi connectivity index (χ3n) is 1.83. The third kappa shape index (κ3) is 3.90. The van der Waals surface area contributed by atoms with Crippen LogP contribution in [0.25, 0.3) is 0 Å². The number of hydrogen-bond acceptors (Lipinski definition) is 2. The fourth-order valence-corrected chi connectivity index (χ4v) is 1.30. The van der Waals surface area contributed by atoms with Gasteiger partial charge in [-0.1, -0.05) is 17.7 Å². The number of aliphatic hydroxyl groups is 1. The molecule has 16 heavy (non-hydrogen) atoms. The first-order valence-corrected chi connectivity index (χ1v) is 4.84. The summed E-state index contributed by atoms with van der Waals surface area (Å²) in [5, 5.41) is 9.26. The Bertz CT molecular complexity index is 364. The highest BCUT2D eigenvalue weighted by Crippen LogP contribution is 2.29. The molecule has 0 heterocycles. The molecule has 1 atom stereocenters. The first kappa shape index (κ1) is 13.1. The zero-order valence-electron chi connectivity index (χ0n) is 8.38. The molecule has 2 nitrogen and oxygen atoms in total. The van der Waals surface area contributed by atoms with Gasteiger partial charge in [0, 0.05) is 0 Å². The highest BCUT2D eigenvalue weighted by Gasteiger charge is 2.28. The Morgan fingerprint density at radius 2 is 2.06 bits per heavy atom. The number of aliphatic hydroxyl groups excluding tert-OH is 1. The summed E-state index contributed by atoms with van der Waals surface area (Å²) >= 11 is 5.70. The lowest BCUT2D eigenvalue weighted by molar-refractivity contribution is -0.153. The molecule has 0 spiro atoms. The maximum atomic E-state index is 11.9. The first-order chi connectivity index (χ1) is 7.29. The van der Waals surface area contributed by atoms with Gasteiger partial charge in [-0.3, -0.25) is 0 Å². The second-order valence-electron chi connectivity index (χ2n) is 3.27. The van der Waals surface area contributed by atoms with E-state index in [0.29, 0.717) is 5.56 Å². The van der Waals surface area contributed by atoms with Crippen molar-refractivity contribution in [3.05, 3.63) is 28.8 Å². The Morgan fingerprint density at radius 1 is 1.44 bits per heavy atom. The zero-order chi connectivity index (χ0) is 12.3. The summed E-state index contributed by atoms with van der Waals surface area (Å²) in [4.78, 5) is 0. The van der Waals surface area contributed by atoms with E-state index in [0.717, 1.165) is 0 Å². The van der Waals surface area contributed by atoms with Crippen molar-refractivity contribution in [1.82, 2.24) is 0 Å². The Labute approximate surface area is 95.6 Å². The van der Waals surface area contributed by atoms with Crippen LogP contribution < -0.4 is 4.74 Å². The van der Waals surface area contributed by atoms with Gasteiger partial charge < -0.3 is 9.84 Å². The van der Waals surface area contributed by atoms with E-state index in [-0.39, 0.29) is 10.8 Å². The Morgan fingerprint density at radius 3 is 2.50 bits per heavy atom. The molecular formula is C10H10ClF3O2. The number of alkyl halides is 3. The van der Waals surface area contributed by atoms with Crippen LogP contribution in [0.5, 0.6) is 5.75 Å². The monoisotopic (exact) mass is 254 g/mol. The molecule has 6 heteroatoms. The maximum Gasteiger partial charge on any atom is 0.422 e. The minimum absolute atomic E-state index is 0.0441. The second-order valence-corrected chi connectivity index (χ2v) is 3.68. The highest BCUT2D eigenvalue weighted by molar-refractivity contribution is 6.32. The van der Waals surface area contributed by atoms with Crippen molar-refractivity contribution in [2.45, 2.75) is 19.2 Å². The minimum Gasteiger partial charge on any atom is -0.483 e. The van der Waals surface area contributed by atoms with Crippen LogP contribution in [0.15, 0.2) is 18.2 Å². The molecule has 1 aromatic rings. The Hall–Kier alpha value is -0.940. The molecule has 1 N–H and O–H groups in total. The van der Waals surface area contributed by atoms with Crippen LogP contribution in [0.2, 0.25) is 5.02 Å². The molecule has 0 aliphatic rings. The molecule has 0 amide bonds. The molecule has 0 aliphatic heterocycles. The van der Waals surface area contributed by atoms with E-state index >= 15 is 0 Å². The molecule has 1 aromatic carbocycles. The van der Waals surface area contributed by atoms with Crippen molar-refractivity contribution in [2.24, 2.45) is 0 Å². The van der Waals surface area contributed by atoms with Gasteiger partial charge in [-0.25, -0.2) is 0 Å². The molecule has 0 bridgehead atoms. The van der Waals surface area contributed by atoms with Gasteiger partial charge in [0.05, 0.1) is 11.1 Å². The van der Waals surface area contributed by atoms with Crippen molar-refractivity contribution in [2.75, 3.05) is 6.61 Å². The largest absolute Gasteiger partial charge is 0.483 e. The molecule has 1 rings (SSSR count). The summed E-state index contributed by atoms with van der Waals surface area (Å²) < 4.78 is 40.1. The van der Waals surface area contributed by atoms with Crippen LogP contribution in [-0.2, 0) is 0 Å². The third-order valence-corrected chi connectivity index (χ3v) is 2.13. The van der Waals surface area contributed by atoms with Crippen molar-refractivity contribution in [1.29, 1.82) is 0 Å². The van der Waals surface area contributed by atoms with Crippen LogP contribution >= 0.6 is 11.6 Å². The van der Waals surface area contributed by atoms with Crippen LogP contribution in [0, 0.1) is 0 Å².